The van der Waals surface area contributed by atoms with Crippen molar-refractivity contribution in [2.75, 3.05) is 53.2 Å². The lowest BCUT2D eigenvalue weighted by Crippen LogP contribution is -2.52. The zero-order valence-corrected chi connectivity index (χ0v) is 25.6. The molecule has 0 spiro atoms. The van der Waals surface area contributed by atoms with Gasteiger partial charge >= 0.3 is 0 Å². The molecule has 0 unspecified atom stereocenters. The minimum absolute atomic E-state index is 0.132. The Labute approximate surface area is 257 Å². The number of nitrogens with one attached hydrogen (secondary N) is 1. The number of carbonyl (C=O) groups excluding carboxylic acids is 2. The molecule has 0 aromatic heterocycles. The maximum atomic E-state index is 13.7. The third-order valence-corrected chi connectivity index (χ3v) is 9.10. The van der Waals surface area contributed by atoms with E-state index in [-0.39, 0.29) is 30.4 Å². The number of nitrogens with zero attached hydrogens (tertiary/aromatic N) is 2. The van der Waals surface area contributed by atoms with E-state index in [1.54, 1.807) is 31.4 Å². The fraction of sp³-hybridized carbons (Fsp3) is 0.355. The average molecular weight is 630 g/mol. The molecule has 2 amide bonds. The van der Waals surface area contributed by atoms with E-state index in [0.717, 1.165) is 11.1 Å². The smallest absolute Gasteiger partial charge is 0.261 e. The molecule has 1 aliphatic heterocycles. The molecule has 3 aromatic carbocycles. The Hall–Kier alpha value is -3.48. The number of methoxy groups -OCH3 is 1. The monoisotopic (exact) mass is 629 g/mol. The molecule has 230 valence electrons. The van der Waals surface area contributed by atoms with Gasteiger partial charge < -0.3 is 24.4 Å². The fourth-order valence-electron chi connectivity index (χ4n) is 4.61. The first kappa shape index (κ1) is 32.4. The largest absolute Gasteiger partial charge is 0.484 e. The Bertz CT molecular complexity index is 1430. The van der Waals surface area contributed by atoms with E-state index in [4.69, 9.17) is 25.8 Å². The number of sulfonamides is 1. The highest BCUT2D eigenvalue weighted by Gasteiger charge is 2.31. The Morgan fingerprint density at radius 3 is 2.30 bits per heavy atom. The van der Waals surface area contributed by atoms with Gasteiger partial charge in [-0.2, -0.15) is 4.31 Å². The summed E-state index contributed by atoms with van der Waals surface area (Å²) in [6.07, 6.45) is 0.285. The second-order valence-corrected chi connectivity index (χ2v) is 12.3. The number of halogens is 1. The van der Waals surface area contributed by atoms with Crippen molar-refractivity contribution in [1.82, 2.24) is 14.5 Å². The maximum absolute atomic E-state index is 13.7. The van der Waals surface area contributed by atoms with Crippen LogP contribution < -0.4 is 10.1 Å². The number of hydrogen-bond donors (Lipinski definition) is 1. The summed E-state index contributed by atoms with van der Waals surface area (Å²) < 4.78 is 43.4. The molecule has 4 rings (SSSR count). The van der Waals surface area contributed by atoms with Crippen LogP contribution in [0.15, 0.2) is 83.8 Å². The Morgan fingerprint density at radius 1 is 0.977 bits per heavy atom. The predicted octanol–water partition coefficient (Wildman–Crippen LogP) is 3.14. The van der Waals surface area contributed by atoms with Crippen molar-refractivity contribution in [1.29, 1.82) is 0 Å². The van der Waals surface area contributed by atoms with Crippen molar-refractivity contribution in [3.05, 3.63) is 95.0 Å². The van der Waals surface area contributed by atoms with Gasteiger partial charge in [0.25, 0.3) is 5.91 Å². The standard InChI is InChI=1S/C31H36ClN3O7S/c1-40-18-15-33-31(37)29(21-24-5-3-2-4-6-24)35(22-25-7-9-26(32)10-8-25)30(36)23-42-27-11-13-28(14-12-27)43(38,39)34-16-19-41-20-17-34/h2-14,29H,15-23H2,1H3,(H,33,37)/t29-/m0/s1. The molecule has 0 radical (unpaired) electrons. The molecule has 43 heavy (non-hydrogen) atoms. The van der Waals surface area contributed by atoms with Crippen molar-refractivity contribution < 1.29 is 32.2 Å². The first-order valence-corrected chi connectivity index (χ1v) is 15.7. The molecule has 1 heterocycles. The molecule has 0 bridgehead atoms. The molecule has 1 aliphatic rings. The van der Waals surface area contributed by atoms with Gasteiger partial charge in [0.1, 0.15) is 11.8 Å². The molecule has 10 nitrogen and oxygen atoms in total. The van der Waals surface area contributed by atoms with Crippen LogP contribution in [0.3, 0.4) is 0 Å². The van der Waals surface area contributed by atoms with E-state index in [1.165, 1.54) is 33.5 Å². The van der Waals surface area contributed by atoms with E-state index in [1.807, 2.05) is 30.3 Å². The van der Waals surface area contributed by atoms with Gasteiger partial charge in [-0.15, -0.1) is 0 Å². The van der Waals surface area contributed by atoms with Gasteiger partial charge in [-0.3, -0.25) is 9.59 Å². The predicted molar refractivity (Wildman–Crippen MR) is 162 cm³/mol. The van der Waals surface area contributed by atoms with E-state index in [0.29, 0.717) is 50.2 Å². The van der Waals surface area contributed by atoms with Gasteiger partial charge in [-0.25, -0.2) is 8.42 Å². The summed E-state index contributed by atoms with van der Waals surface area (Å²) in [6.45, 7) is 1.69. The van der Waals surface area contributed by atoms with Crippen LogP contribution in [0.2, 0.25) is 5.02 Å². The Morgan fingerprint density at radius 2 is 1.65 bits per heavy atom. The lowest BCUT2D eigenvalue weighted by atomic mass is 10.0. The minimum atomic E-state index is -3.66. The molecule has 0 aliphatic carbocycles. The number of hydrogen-bond acceptors (Lipinski definition) is 7. The summed E-state index contributed by atoms with van der Waals surface area (Å²) >= 11 is 6.08. The average Bonchev–Trinajstić information content (AvgIpc) is 3.03. The highest BCUT2D eigenvalue weighted by atomic mass is 35.5. The Balaban J connectivity index is 1.53. The van der Waals surface area contributed by atoms with Crippen LogP contribution in [0, 0.1) is 0 Å². The van der Waals surface area contributed by atoms with Crippen LogP contribution in [-0.4, -0.2) is 88.7 Å². The SMILES string of the molecule is COCCNC(=O)[C@H](Cc1ccccc1)N(Cc1ccc(Cl)cc1)C(=O)COc1ccc(S(=O)(=O)N2CCOCC2)cc1. The minimum Gasteiger partial charge on any atom is -0.484 e. The van der Waals surface area contributed by atoms with E-state index in [9.17, 15) is 18.0 Å². The second kappa shape index (κ2) is 15.8. The van der Waals surface area contributed by atoms with Crippen molar-refractivity contribution in [3.8, 4) is 5.75 Å². The summed E-state index contributed by atoms with van der Waals surface area (Å²) in [4.78, 5) is 28.8. The van der Waals surface area contributed by atoms with Crippen LogP contribution in [0.1, 0.15) is 11.1 Å². The van der Waals surface area contributed by atoms with Crippen molar-refractivity contribution >= 4 is 33.4 Å². The molecule has 12 heteroatoms. The van der Waals surface area contributed by atoms with Gasteiger partial charge in [0, 0.05) is 44.7 Å². The van der Waals surface area contributed by atoms with Gasteiger partial charge in [-0.05, 0) is 47.5 Å². The maximum Gasteiger partial charge on any atom is 0.261 e. The number of carbonyl (C=O) groups is 2. The van der Waals surface area contributed by atoms with Gasteiger partial charge in [0.15, 0.2) is 6.61 Å². The highest BCUT2D eigenvalue weighted by molar-refractivity contribution is 7.89. The molecule has 3 aromatic rings. The first-order chi connectivity index (χ1) is 20.8. The molecular weight excluding hydrogens is 594 g/mol. The van der Waals surface area contributed by atoms with E-state index in [2.05, 4.69) is 5.32 Å². The van der Waals surface area contributed by atoms with Crippen LogP contribution >= 0.6 is 11.6 Å². The normalized spacial score (nSPS) is 14.6. The summed E-state index contributed by atoms with van der Waals surface area (Å²) in [5.74, 6) is -0.409. The number of amides is 2. The number of ether oxygens (including phenoxy) is 3. The topological polar surface area (TPSA) is 114 Å². The molecule has 0 saturated carbocycles. The fourth-order valence-corrected chi connectivity index (χ4v) is 6.14. The zero-order valence-electron chi connectivity index (χ0n) is 24.0. The van der Waals surface area contributed by atoms with E-state index < -0.39 is 22.0 Å². The van der Waals surface area contributed by atoms with Crippen molar-refractivity contribution in [3.63, 3.8) is 0 Å². The summed E-state index contributed by atoms with van der Waals surface area (Å²) in [5, 5.41) is 3.42. The van der Waals surface area contributed by atoms with E-state index >= 15 is 0 Å². The van der Waals surface area contributed by atoms with Crippen LogP contribution in [0.4, 0.5) is 0 Å². The van der Waals surface area contributed by atoms with Crippen LogP contribution in [-0.2, 0) is 42.1 Å². The second-order valence-electron chi connectivity index (χ2n) is 9.91. The molecule has 1 N–H and O–H groups in total. The van der Waals surface area contributed by atoms with Crippen LogP contribution in [0.25, 0.3) is 0 Å². The lowest BCUT2D eigenvalue weighted by molar-refractivity contribution is -0.142. The lowest BCUT2D eigenvalue weighted by Gasteiger charge is -2.31. The van der Waals surface area contributed by atoms with Gasteiger partial charge in [0.2, 0.25) is 15.9 Å². The number of benzene rings is 3. The number of morpholine rings is 1. The first-order valence-electron chi connectivity index (χ1n) is 13.9. The number of rotatable bonds is 14. The zero-order chi connectivity index (χ0) is 30.7. The molecular formula is C31H36ClN3O7S. The molecule has 1 atom stereocenters. The van der Waals surface area contributed by atoms with Crippen molar-refractivity contribution in [2.45, 2.75) is 23.9 Å². The third kappa shape index (κ3) is 9.25. The summed E-state index contributed by atoms with van der Waals surface area (Å²) in [7, 11) is -2.11. The van der Waals surface area contributed by atoms with Crippen molar-refractivity contribution in [2.24, 2.45) is 0 Å². The highest BCUT2D eigenvalue weighted by Crippen LogP contribution is 2.22. The van der Waals surface area contributed by atoms with Gasteiger partial charge in [-0.1, -0.05) is 54.1 Å². The molecule has 1 fully saturated rings. The van der Waals surface area contributed by atoms with Crippen LogP contribution in [0.5, 0.6) is 5.75 Å². The molecule has 1 saturated heterocycles. The third-order valence-electron chi connectivity index (χ3n) is 6.94. The summed E-state index contributed by atoms with van der Waals surface area (Å²) in [6, 6.07) is 21.6. The van der Waals surface area contributed by atoms with Gasteiger partial charge in [0.05, 0.1) is 24.7 Å². The summed E-state index contributed by atoms with van der Waals surface area (Å²) in [5.41, 5.74) is 1.68. The quantitative estimate of drug-likeness (QED) is 0.273. The Kier molecular flexibility index (Phi) is 11.9.